The van der Waals surface area contributed by atoms with Crippen molar-refractivity contribution in [3.63, 3.8) is 0 Å². The lowest BCUT2D eigenvalue weighted by Crippen LogP contribution is -2.52. The van der Waals surface area contributed by atoms with Crippen LogP contribution in [0.5, 0.6) is 0 Å². The van der Waals surface area contributed by atoms with Crippen LogP contribution in [0, 0.1) is 0 Å². The number of nitrogens with one attached hydrogen (secondary N) is 1. The molecule has 0 spiro atoms. The fourth-order valence-corrected chi connectivity index (χ4v) is 3.43. The van der Waals surface area contributed by atoms with Crippen LogP contribution in [0.3, 0.4) is 0 Å². The van der Waals surface area contributed by atoms with E-state index in [4.69, 9.17) is 4.74 Å². The number of ether oxygens (including phenoxy) is 1. The summed E-state index contributed by atoms with van der Waals surface area (Å²) in [6.45, 7) is 2.43. The molecule has 2 amide bonds. The summed E-state index contributed by atoms with van der Waals surface area (Å²) in [7, 11) is 3.17. The minimum Gasteiger partial charge on any atom is -0.450 e. The molecule has 11 nitrogen and oxygen atoms in total. The van der Waals surface area contributed by atoms with Crippen molar-refractivity contribution in [2.24, 2.45) is 14.1 Å². The number of aromatic nitrogens is 4. The van der Waals surface area contributed by atoms with Crippen LogP contribution >= 0.6 is 0 Å². The first kappa shape index (κ1) is 19.6. The van der Waals surface area contributed by atoms with E-state index < -0.39 is 17.3 Å². The number of hydrogen-bond donors (Lipinski definition) is 1. The maximum atomic E-state index is 12.8. The number of carbonyl (C=O) groups is 2. The van der Waals surface area contributed by atoms with E-state index in [1.165, 1.54) is 22.5 Å². The van der Waals surface area contributed by atoms with Crippen LogP contribution in [0.2, 0.25) is 0 Å². The van der Waals surface area contributed by atoms with E-state index in [1.54, 1.807) is 18.9 Å². The Labute approximate surface area is 160 Å². The molecule has 2 aromatic heterocycles. The highest BCUT2D eigenvalue weighted by Gasteiger charge is 2.26. The third-order valence-electron chi connectivity index (χ3n) is 4.87. The topological polar surface area (TPSA) is 120 Å². The number of fused-ring (bicyclic) bond motifs is 1. The highest BCUT2D eigenvalue weighted by molar-refractivity contribution is 5.77. The van der Waals surface area contributed by atoms with Crippen LogP contribution in [-0.4, -0.2) is 61.3 Å². The number of rotatable bonds is 4. The predicted octanol–water partition coefficient (Wildman–Crippen LogP) is -0.829. The van der Waals surface area contributed by atoms with E-state index in [0.717, 1.165) is 11.0 Å². The maximum absolute atomic E-state index is 12.8. The predicted molar refractivity (Wildman–Crippen MR) is 100.0 cm³/mol. The van der Waals surface area contributed by atoms with E-state index in [2.05, 4.69) is 10.3 Å². The van der Waals surface area contributed by atoms with Crippen LogP contribution in [-0.2, 0) is 30.2 Å². The minimum absolute atomic E-state index is 0.226. The number of imidazole rings is 1. The molecule has 3 heterocycles. The number of hydrogen-bond acceptors (Lipinski definition) is 6. The first-order chi connectivity index (χ1) is 13.3. The largest absolute Gasteiger partial charge is 0.450 e. The SMILES string of the molecule is CCOC(=O)NC1CCCN(C(=O)Cn2c(=O)c3c(ncn3C)n(C)c2=O)C1. The molecule has 2 aromatic rings. The van der Waals surface area contributed by atoms with Crippen LogP contribution in [0.25, 0.3) is 11.2 Å². The van der Waals surface area contributed by atoms with E-state index >= 15 is 0 Å². The maximum Gasteiger partial charge on any atom is 0.407 e. The Morgan fingerprint density at radius 1 is 1.32 bits per heavy atom. The van der Waals surface area contributed by atoms with Gasteiger partial charge in [0, 0.05) is 33.2 Å². The van der Waals surface area contributed by atoms with E-state index in [-0.39, 0.29) is 36.3 Å². The fourth-order valence-electron chi connectivity index (χ4n) is 3.43. The van der Waals surface area contributed by atoms with Gasteiger partial charge in [0.25, 0.3) is 5.56 Å². The van der Waals surface area contributed by atoms with Gasteiger partial charge in [-0.25, -0.2) is 19.1 Å². The molecule has 1 saturated heterocycles. The van der Waals surface area contributed by atoms with Crippen molar-refractivity contribution in [3.8, 4) is 0 Å². The molecule has 11 heteroatoms. The lowest BCUT2D eigenvalue weighted by Gasteiger charge is -2.33. The quantitative estimate of drug-likeness (QED) is 0.725. The Balaban J connectivity index is 1.79. The van der Waals surface area contributed by atoms with Gasteiger partial charge < -0.3 is 19.5 Å². The Hall–Kier alpha value is -3.11. The normalized spacial score (nSPS) is 17.0. The zero-order valence-electron chi connectivity index (χ0n) is 16.2. The number of alkyl carbamates (subject to hydrolysis) is 1. The first-order valence-corrected chi connectivity index (χ1v) is 9.15. The second-order valence-corrected chi connectivity index (χ2v) is 6.80. The van der Waals surface area contributed by atoms with Crippen molar-refractivity contribution in [3.05, 3.63) is 27.2 Å². The molecule has 1 unspecified atom stereocenters. The van der Waals surface area contributed by atoms with Crippen LogP contribution < -0.4 is 16.6 Å². The summed E-state index contributed by atoms with van der Waals surface area (Å²) in [5.74, 6) is -0.351. The molecule has 0 aliphatic carbocycles. The molecule has 1 aliphatic heterocycles. The molecule has 1 aliphatic rings. The zero-order valence-corrected chi connectivity index (χ0v) is 16.2. The molecule has 3 rings (SSSR count). The summed E-state index contributed by atoms with van der Waals surface area (Å²) in [5, 5.41) is 2.73. The Morgan fingerprint density at radius 2 is 2.07 bits per heavy atom. The fraction of sp³-hybridized carbons (Fsp3) is 0.588. The van der Waals surface area contributed by atoms with E-state index in [9.17, 15) is 19.2 Å². The van der Waals surface area contributed by atoms with Crippen molar-refractivity contribution < 1.29 is 14.3 Å². The second-order valence-electron chi connectivity index (χ2n) is 6.80. The van der Waals surface area contributed by atoms with Gasteiger partial charge in [-0.2, -0.15) is 0 Å². The van der Waals surface area contributed by atoms with Crippen molar-refractivity contribution in [1.29, 1.82) is 0 Å². The number of amides is 2. The first-order valence-electron chi connectivity index (χ1n) is 9.15. The molecule has 28 heavy (non-hydrogen) atoms. The smallest absolute Gasteiger partial charge is 0.407 e. The third kappa shape index (κ3) is 3.64. The average molecular weight is 392 g/mol. The number of aryl methyl sites for hydroxylation is 2. The molecular weight excluding hydrogens is 368 g/mol. The van der Waals surface area contributed by atoms with Gasteiger partial charge in [-0.1, -0.05) is 0 Å². The molecule has 0 bridgehead atoms. The van der Waals surface area contributed by atoms with Crippen molar-refractivity contribution >= 4 is 23.2 Å². The van der Waals surface area contributed by atoms with Crippen LogP contribution in [0.4, 0.5) is 4.79 Å². The van der Waals surface area contributed by atoms with Crippen LogP contribution in [0.1, 0.15) is 19.8 Å². The van der Waals surface area contributed by atoms with Gasteiger partial charge in [0.15, 0.2) is 11.2 Å². The van der Waals surface area contributed by atoms with E-state index in [1.807, 2.05) is 0 Å². The van der Waals surface area contributed by atoms with Gasteiger partial charge in [0.1, 0.15) is 6.54 Å². The monoisotopic (exact) mass is 392 g/mol. The van der Waals surface area contributed by atoms with Crippen molar-refractivity contribution in [2.45, 2.75) is 32.4 Å². The Kier molecular flexibility index (Phi) is 5.52. The van der Waals surface area contributed by atoms with Gasteiger partial charge in [-0.3, -0.25) is 14.2 Å². The molecule has 0 radical (unpaired) electrons. The van der Waals surface area contributed by atoms with Crippen molar-refractivity contribution in [1.82, 2.24) is 28.9 Å². The zero-order chi connectivity index (χ0) is 20.4. The molecule has 152 valence electrons. The number of carbonyl (C=O) groups excluding carboxylic acids is 2. The van der Waals surface area contributed by atoms with Gasteiger partial charge in [0.05, 0.1) is 12.9 Å². The van der Waals surface area contributed by atoms with Crippen molar-refractivity contribution in [2.75, 3.05) is 19.7 Å². The van der Waals surface area contributed by atoms with Gasteiger partial charge >= 0.3 is 11.8 Å². The molecular formula is C17H24N6O5. The highest BCUT2D eigenvalue weighted by Crippen LogP contribution is 2.11. The lowest BCUT2D eigenvalue weighted by molar-refractivity contribution is -0.133. The number of likely N-dealkylation sites (tertiary alicyclic amines) is 1. The van der Waals surface area contributed by atoms with Gasteiger partial charge in [0.2, 0.25) is 5.91 Å². The van der Waals surface area contributed by atoms with Crippen LogP contribution in [0.15, 0.2) is 15.9 Å². The highest BCUT2D eigenvalue weighted by atomic mass is 16.5. The number of nitrogens with zero attached hydrogens (tertiary/aromatic N) is 5. The standard InChI is InChI=1S/C17H24N6O5/c1-4-28-16(26)19-11-6-5-7-22(8-11)12(24)9-23-15(25)13-14(18-10-20(13)2)21(3)17(23)27/h10-11H,4-9H2,1-3H3,(H,19,26). The molecule has 1 N–H and O–H groups in total. The Bertz CT molecular complexity index is 1020. The Morgan fingerprint density at radius 3 is 2.79 bits per heavy atom. The lowest BCUT2D eigenvalue weighted by atomic mass is 10.1. The van der Waals surface area contributed by atoms with Gasteiger partial charge in [-0.15, -0.1) is 0 Å². The summed E-state index contributed by atoms with van der Waals surface area (Å²) >= 11 is 0. The average Bonchev–Trinajstić information content (AvgIpc) is 3.05. The van der Waals surface area contributed by atoms with Gasteiger partial charge in [-0.05, 0) is 19.8 Å². The summed E-state index contributed by atoms with van der Waals surface area (Å²) < 4.78 is 8.58. The molecule has 0 saturated carbocycles. The number of piperidine rings is 1. The molecule has 1 atom stereocenters. The molecule has 0 aromatic carbocycles. The summed E-state index contributed by atoms with van der Waals surface area (Å²) in [4.78, 5) is 55.2. The molecule has 1 fully saturated rings. The minimum atomic E-state index is -0.595. The summed E-state index contributed by atoms with van der Waals surface area (Å²) in [6, 6.07) is -0.226. The third-order valence-corrected chi connectivity index (χ3v) is 4.87. The second kappa shape index (κ2) is 7.87. The summed E-state index contributed by atoms with van der Waals surface area (Å²) in [6.07, 6.45) is 2.36. The summed E-state index contributed by atoms with van der Waals surface area (Å²) in [5.41, 5.74) is -0.610. The van der Waals surface area contributed by atoms with E-state index in [0.29, 0.717) is 19.5 Å².